The molecule has 0 unspecified atom stereocenters. The smallest absolute Gasteiger partial charge is 0.220 e. The fourth-order valence-corrected chi connectivity index (χ4v) is 1.80. The van der Waals surface area contributed by atoms with Crippen molar-refractivity contribution in [3.05, 3.63) is 0 Å². The van der Waals surface area contributed by atoms with Crippen LogP contribution in [0.1, 0.15) is 25.7 Å². The van der Waals surface area contributed by atoms with Crippen molar-refractivity contribution in [3.8, 4) is 0 Å². The summed E-state index contributed by atoms with van der Waals surface area (Å²) in [4.78, 5) is 11.0. The van der Waals surface area contributed by atoms with Gasteiger partial charge in [0.25, 0.3) is 0 Å². The van der Waals surface area contributed by atoms with E-state index in [1.54, 1.807) is 0 Å². The molecule has 0 aliphatic rings. The molecule has 1 N–H and O–H groups in total. The average Bonchev–Trinajstić information content (AvgIpc) is 2.11. The number of carbonyl (C=O) groups is 1. The van der Waals surface area contributed by atoms with E-state index < -0.39 is 0 Å². The summed E-state index contributed by atoms with van der Waals surface area (Å²) in [5.41, 5.74) is 0. The van der Waals surface area contributed by atoms with E-state index in [1.165, 1.54) is 18.6 Å². The number of rotatable bonds is 8. The molecule has 0 aliphatic heterocycles. The molecular weight excluding hydrogens is 250 g/mol. The van der Waals surface area contributed by atoms with Crippen LogP contribution in [0.4, 0.5) is 0 Å². The number of hydrogen-bond acceptors (Lipinski definition) is 2. The molecule has 78 valence electrons. The summed E-state index contributed by atoms with van der Waals surface area (Å²) in [7, 11) is 0. The molecule has 2 nitrogen and oxygen atoms in total. The minimum atomic E-state index is 0.154. The number of nitrogens with one attached hydrogen (secondary N) is 1. The van der Waals surface area contributed by atoms with Crippen LogP contribution in [0.15, 0.2) is 0 Å². The molecule has 0 aromatic heterocycles. The molecule has 0 fully saturated rings. The van der Waals surface area contributed by atoms with E-state index in [0.29, 0.717) is 6.42 Å². The molecule has 4 heteroatoms. The number of alkyl halides is 1. The largest absolute Gasteiger partial charge is 0.356 e. The van der Waals surface area contributed by atoms with E-state index in [0.717, 1.165) is 18.3 Å². The number of carbonyl (C=O) groups excluding carboxylic acids is 1. The van der Waals surface area contributed by atoms with Crippen molar-refractivity contribution in [2.75, 3.05) is 23.9 Å². The van der Waals surface area contributed by atoms with Crippen LogP contribution >= 0.6 is 27.7 Å². The van der Waals surface area contributed by atoms with Gasteiger partial charge in [-0.2, -0.15) is 11.8 Å². The third-order valence-corrected chi connectivity index (χ3v) is 2.76. The van der Waals surface area contributed by atoms with Crippen molar-refractivity contribution in [1.29, 1.82) is 0 Å². The van der Waals surface area contributed by atoms with Gasteiger partial charge < -0.3 is 5.32 Å². The lowest BCUT2D eigenvalue weighted by atomic mass is 10.2. The second kappa shape index (κ2) is 10.4. The summed E-state index contributed by atoms with van der Waals surface area (Å²) in [6.07, 6.45) is 6.29. The van der Waals surface area contributed by atoms with Gasteiger partial charge in [0.15, 0.2) is 0 Å². The molecule has 0 saturated heterocycles. The minimum Gasteiger partial charge on any atom is -0.356 e. The molecule has 0 radical (unpaired) electrons. The van der Waals surface area contributed by atoms with E-state index in [2.05, 4.69) is 27.5 Å². The van der Waals surface area contributed by atoms with Crippen molar-refractivity contribution in [2.45, 2.75) is 25.7 Å². The van der Waals surface area contributed by atoms with Crippen molar-refractivity contribution < 1.29 is 4.79 Å². The molecule has 0 spiro atoms. The van der Waals surface area contributed by atoms with Gasteiger partial charge in [-0.25, -0.2) is 0 Å². The van der Waals surface area contributed by atoms with E-state index in [4.69, 9.17) is 0 Å². The predicted molar refractivity (Wildman–Crippen MR) is 63.7 cm³/mol. The molecule has 0 aliphatic carbocycles. The van der Waals surface area contributed by atoms with Crippen molar-refractivity contribution >= 4 is 33.6 Å². The maximum Gasteiger partial charge on any atom is 0.220 e. The van der Waals surface area contributed by atoms with Gasteiger partial charge in [-0.3, -0.25) is 4.79 Å². The van der Waals surface area contributed by atoms with Gasteiger partial charge in [-0.15, -0.1) is 0 Å². The molecule has 0 atom stereocenters. The van der Waals surface area contributed by atoms with Gasteiger partial charge in [0, 0.05) is 18.3 Å². The molecule has 0 bridgehead atoms. The molecule has 0 aromatic carbocycles. The third-order valence-electron chi connectivity index (χ3n) is 1.67. The zero-order chi connectivity index (χ0) is 9.94. The van der Waals surface area contributed by atoms with Crippen molar-refractivity contribution in [3.63, 3.8) is 0 Å². The molecule has 0 saturated carbocycles. The van der Waals surface area contributed by atoms with Crippen LogP contribution in [-0.4, -0.2) is 29.8 Å². The Morgan fingerprint density at radius 2 is 2.15 bits per heavy atom. The highest BCUT2D eigenvalue weighted by Crippen LogP contribution is 2.01. The lowest BCUT2D eigenvalue weighted by molar-refractivity contribution is -0.120. The van der Waals surface area contributed by atoms with E-state index in [9.17, 15) is 4.79 Å². The first-order chi connectivity index (χ1) is 6.31. The highest BCUT2D eigenvalue weighted by atomic mass is 79.9. The molecule has 0 rings (SSSR count). The highest BCUT2D eigenvalue weighted by molar-refractivity contribution is 9.09. The summed E-state index contributed by atoms with van der Waals surface area (Å²) in [6.45, 7) is 0.834. The SMILES string of the molecule is CSCCCCCNC(=O)CCBr. The Morgan fingerprint density at radius 3 is 2.77 bits per heavy atom. The molecule has 0 aromatic rings. The first kappa shape index (κ1) is 13.3. The van der Waals surface area contributed by atoms with Gasteiger partial charge in [0.05, 0.1) is 0 Å². The maximum absolute atomic E-state index is 11.0. The first-order valence-electron chi connectivity index (χ1n) is 4.63. The van der Waals surface area contributed by atoms with Crippen LogP contribution in [0.5, 0.6) is 0 Å². The zero-order valence-corrected chi connectivity index (χ0v) is 10.5. The van der Waals surface area contributed by atoms with Crippen LogP contribution in [0.3, 0.4) is 0 Å². The third kappa shape index (κ3) is 10.2. The number of unbranched alkanes of at least 4 members (excludes halogenated alkanes) is 2. The van der Waals surface area contributed by atoms with Gasteiger partial charge in [-0.05, 0) is 24.9 Å². The Morgan fingerprint density at radius 1 is 1.38 bits per heavy atom. The Kier molecular flexibility index (Phi) is 10.6. The molecular formula is C9H18BrNOS. The van der Waals surface area contributed by atoms with E-state index in [-0.39, 0.29) is 5.91 Å². The predicted octanol–water partition coefficient (Wildman–Crippen LogP) is 2.42. The van der Waals surface area contributed by atoms with Crippen molar-refractivity contribution in [2.24, 2.45) is 0 Å². The van der Waals surface area contributed by atoms with Gasteiger partial charge >= 0.3 is 0 Å². The number of hydrogen-bond donors (Lipinski definition) is 1. The average molecular weight is 268 g/mol. The van der Waals surface area contributed by atoms with E-state index in [1.807, 2.05) is 11.8 Å². The fourth-order valence-electron chi connectivity index (χ4n) is 0.950. The second-order valence-electron chi connectivity index (χ2n) is 2.84. The normalized spacial score (nSPS) is 10.0. The quantitative estimate of drug-likeness (QED) is 0.541. The van der Waals surface area contributed by atoms with Crippen LogP contribution in [0.2, 0.25) is 0 Å². The monoisotopic (exact) mass is 267 g/mol. The van der Waals surface area contributed by atoms with Gasteiger partial charge in [-0.1, -0.05) is 22.4 Å². The second-order valence-corrected chi connectivity index (χ2v) is 4.62. The molecule has 1 amide bonds. The van der Waals surface area contributed by atoms with Crippen LogP contribution < -0.4 is 5.32 Å². The van der Waals surface area contributed by atoms with E-state index >= 15 is 0 Å². The summed E-state index contributed by atoms with van der Waals surface area (Å²) in [5, 5.41) is 3.64. The summed E-state index contributed by atoms with van der Waals surface area (Å²) in [6, 6.07) is 0. The van der Waals surface area contributed by atoms with Crippen molar-refractivity contribution in [1.82, 2.24) is 5.32 Å². The number of amides is 1. The number of halogens is 1. The Hall–Kier alpha value is 0.300. The van der Waals surface area contributed by atoms with Crippen LogP contribution in [-0.2, 0) is 4.79 Å². The topological polar surface area (TPSA) is 29.1 Å². The summed E-state index contributed by atoms with van der Waals surface area (Å²) in [5.74, 6) is 1.39. The summed E-state index contributed by atoms with van der Waals surface area (Å²) < 4.78 is 0. The standard InChI is InChI=1S/C9H18BrNOS/c1-13-8-4-2-3-7-11-9(12)5-6-10/h2-8H2,1H3,(H,11,12). The van der Waals surface area contributed by atoms with Crippen LogP contribution in [0.25, 0.3) is 0 Å². The lowest BCUT2D eigenvalue weighted by Gasteiger charge is -2.03. The highest BCUT2D eigenvalue weighted by Gasteiger charge is 1.97. The number of thioether (sulfide) groups is 1. The Balaban J connectivity index is 3.02. The fraction of sp³-hybridized carbons (Fsp3) is 0.889. The Labute approximate surface area is 93.4 Å². The maximum atomic E-state index is 11.0. The van der Waals surface area contributed by atoms with Gasteiger partial charge in [0.1, 0.15) is 0 Å². The minimum absolute atomic E-state index is 0.154. The molecule has 0 heterocycles. The Bertz CT molecular complexity index is 133. The van der Waals surface area contributed by atoms with Gasteiger partial charge in [0.2, 0.25) is 5.91 Å². The van der Waals surface area contributed by atoms with Crippen LogP contribution in [0, 0.1) is 0 Å². The lowest BCUT2D eigenvalue weighted by Crippen LogP contribution is -2.24. The molecule has 13 heavy (non-hydrogen) atoms. The first-order valence-corrected chi connectivity index (χ1v) is 7.14. The summed E-state index contributed by atoms with van der Waals surface area (Å²) >= 11 is 5.11. The zero-order valence-electron chi connectivity index (χ0n) is 8.14.